The molecule has 0 aromatic heterocycles. The summed E-state index contributed by atoms with van der Waals surface area (Å²) in [6, 6.07) is 19.2. The minimum Gasteiger partial charge on any atom is -0.381 e. The van der Waals surface area contributed by atoms with E-state index in [4.69, 9.17) is 4.74 Å². The maximum atomic E-state index is 5.51. The fourth-order valence-electron chi connectivity index (χ4n) is 2.58. The molecule has 3 heteroatoms. The summed E-state index contributed by atoms with van der Waals surface area (Å²) in [4.78, 5) is 0. The Bertz CT molecular complexity index is 557. The third-order valence-electron chi connectivity index (χ3n) is 3.82. The van der Waals surface area contributed by atoms with E-state index in [-0.39, 0.29) is 6.04 Å². The Hall–Kier alpha value is -1.68. The van der Waals surface area contributed by atoms with Crippen LogP contribution in [0.1, 0.15) is 42.5 Å². The SMILES string of the molecule is CCCOCCCNNC(c1ccccc1)c1ccccc1C. The van der Waals surface area contributed by atoms with Gasteiger partial charge < -0.3 is 4.74 Å². The molecule has 23 heavy (non-hydrogen) atoms. The number of rotatable bonds is 10. The minimum atomic E-state index is 0.147. The van der Waals surface area contributed by atoms with Crippen molar-refractivity contribution in [2.24, 2.45) is 0 Å². The molecule has 0 heterocycles. The number of aryl methyl sites for hydroxylation is 1. The van der Waals surface area contributed by atoms with E-state index >= 15 is 0 Å². The number of hydrogen-bond acceptors (Lipinski definition) is 3. The van der Waals surface area contributed by atoms with Gasteiger partial charge in [0.25, 0.3) is 0 Å². The Morgan fingerprint density at radius 2 is 1.70 bits per heavy atom. The normalized spacial score (nSPS) is 12.3. The van der Waals surface area contributed by atoms with Crippen LogP contribution in [0.15, 0.2) is 54.6 Å². The molecule has 0 aliphatic carbocycles. The maximum Gasteiger partial charge on any atom is 0.0715 e. The summed E-state index contributed by atoms with van der Waals surface area (Å²) in [5.74, 6) is 0. The largest absolute Gasteiger partial charge is 0.381 e. The van der Waals surface area contributed by atoms with Crippen molar-refractivity contribution in [2.45, 2.75) is 32.7 Å². The molecule has 0 spiro atoms. The molecule has 2 rings (SSSR count). The topological polar surface area (TPSA) is 33.3 Å². The highest BCUT2D eigenvalue weighted by Crippen LogP contribution is 2.24. The zero-order valence-corrected chi connectivity index (χ0v) is 14.2. The Morgan fingerprint density at radius 1 is 0.957 bits per heavy atom. The van der Waals surface area contributed by atoms with Crippen LogP contribution in [-0.2, 0) is 4.74 Å². The van der Waals surface area contributed by atoms with E-state index in [2.05, 4.69) is 79.3 Å². The van der Waals surface area contributed by atoms with Crippen molar-refractivity contribution in [3.63, 3.8) is 0 Å². The van der Waals surface area contributed by atoms with Crippen LogP contribution in [0.3, 0.4) is 0 Å². The highest BCUT2D eigenvalue weighted by Gasteiger charge is 2.14. The van der Waals surface area contributed by atoms with Gasteiger partial charge in [0, 0.05) is 19.8 Å². The van der Waals surface area contributed by atoms with Gasteiger partial charge in [0.15, 0.2) is 0 Å². The molecular weight excluding hydrogens is 284 g/mol. The zero-order valence-electron chi connectivity index (χ0n) is 14.2. The molecule has 0 saturated heterocycles. The first-order chi connectivity index (χ1) is 11.3. The third-order valence-corrected chi connectivity index (χ3v) is 3.82. The van der Waals surface area contributed by atoms with E-state index in [0.29, 0.717) is 0 Å². The molecule has 1 atom stereocenters. The van der Waals surface area contributed by atoms with Crippen molar-refractivity contribution in [1.82, 2.24) is 10.9 Å². The molecule has 0 saturated carbocycles. The fraction of sp³-hybridized carbons (Fsp3) is 0.400. The summed E-state index contributed by atoms with van der Waals surface area (Å²) in [6.45, 7) is 6.84. The fourth-order valence-corrected chi connectivity index (χ4v) is 2.58. The van der Waals surface area contributed by atoms with Crippen molar-refractivity contribution < 1.29 is 4.74 Å². The van der Waals surface area contributed by atoms with Crippen molar-refractivity contribution in [2.75, 3.05) is 19.8 Å². The summed E-state index contributed by atoms with van der Waals surface area (Å²) in [5, 5.41) is 0. The standard InChI is InChI=1S/C20H28N2O/c1-3-15-23-16-9-14-21-22-20(18-11-5-4-6-12-18)19-13-8-7-10-17(19)2/h4-8,10-13,20-22H,3,9,14-16H2,1-2H3. The Labute approximate surface area is 140 Å². The first-order valence-electron chi connectivity index (χ1n) is 8.49. The van der Waals surface area contributed by atoms with Gasteiger partial charge in [0.05, 0.1) is 6.04 Å². The van der Waals surface area contributed by atoms with E-state index in [1.54, 1.807) is 0 Å². The number of benzene rings is 2. The van der Waals surface area contributed by atoms with Crippen LogP contribution in [0, 0.1) is 6.92 Å². The molecule has 2 N–H and O–H groups in total. The van der Waals surface area contributed by atoms with Crippen LogP contribution in [0.5, 0.6) is 0 Å². The number of hydrogen-bond donors (Lipinski definition) is 2. The van der Waals surface area contributed by atoms with E-state index < -0.39 is 0 Å². The van der Waals surface area contributed by atoms with Crippen LogP contribution in [0.25, 0.3) is 0 Å². The van der Waals surface area contributed by atoms with Crippen molar-refractivity contribution in [1.29, 1.82) is 0 Å². The molecule has 2 aromatic carbocycles. The van der Waals surface area contributed by atoms with Gasteiger partial charge in [-0.3, -0.25) is 5.43 Å². The highest BCUT2D eigenvalue weighted by atomic mass is 16.5. The van der Waals surface area contributed by atoms with Gasteiger partial charge in [0.2, 0.25) is 0 Å². The average Bonchev–Trinajstić information content (AvgIpc) is 2.59. The maximum absolute atomic E-state index is 5.51. The van der Waals surface area contributed by atoms with Crippen LogP contribution in [-0.4, -0.2) is 19.8 Å². The quantitative estimate of drug-likeness (QED) is 0.514. The van der Waals surface area contributed by atoms with Crippen molar-refractivity contribution in [3.05, 3.63) is 71.3 Å². The molecule has 0 fully saturated rings. The van der Waals surface area contributed by atoms with Gasteiger partial charge in [-0.25, -0.2) is 5.43 Å². The summed E-state index contributed by atoms with van der Waals surface area (Å²) in [5.41, 5.74) is 10.7. The van der Waals surface area contributed by atoms with Gasteiger partial charge in [0.1, 0.15) is 0 Å². The minimum absolute atomic E-state index is 0.147. The van der Waals surface area contributed by atoms with Crippen LogP contribution >= 0.6 is 0 Å². The number of ether oxygens (including phenoxy) is 1. The average molecular weight is 312 g/mol. The monoisotopic (exact) mass is 312 g/mol. The molecule has 124 valence electrons. The predicted octanol–water partition coefficient (Wildman–Crippen LogP) is 4.00. The first kappa shape index (κ1) is 17.7. The molecule has 0 bridgehead atoms. The molecule has 0 radical (unpaired) electrons. The van der Waals surface area contributed by atoms with Gasteiger partial charge >= 0.3 is 0 Å². The smallest absolute Gasteiger partial charge is 0.0715 e. The lowest BCUT2D eigenvalue weighted by molar-refractivity contribution is 0.131. The lowest BCUT2D eigenvalue weighted by Gasteiger charge is -2.22. The van der Waals surface area contributed by atoms with E-state index in [1.165, 1.54) is 16.7 Å². The van der Waals surface area contributed by atoms with Gasteiger partial charge in [-0.1, -0.05) is 61.5 Å². The van der Waals surface area contributed by atoms with Crippen LogP contribution in [0.4, 0.5) is 0 Å². The second-order valence-electron chi connectivity index (χ2n) is 5.74. The summed E-state index contributed by atoms with van der Waals surface area (Å²) < 4.78 is 5.51. The third kappa shape index (κ3) is 5.79. The zero-order chi connectivity index (χ0) is 16.3. The highest BCUT2D eigenvalue weighted by molar-refractivity contribution is 5.36. The van der Waals surface area contributed by atoms with Gasteiger partial charge in [-0.05, 0) is 36.5 Å². The van der Waals surface area contributed by atoms with Gasteiger partial charge in [-0.2, -0.15) is 0 Å². The second-order valence-corrected chi connectivity index (χ2v) is 5.74. The van der Waals surface area contributed by atoms with E-state index in [1.807, 2.05) is 0 Å². The second kappa shape index (κ2) is 10.2. The van der Waals surface area contributed by atoms with Crippen molar-refractivity contribution >= 4 is 0 Å². The number of hydrazine groups is 1. The van der Waals surface area contributed by atoms with E-state index in [0.717, 1.165) is 32.6 Å². The first-order valence-corrected chi connectivity index (χ1v) is 8.49. The lowest BCUT2D eigenvalue weighted by Crippen LogP contribution is -2.37. The Kier molecular flexibility index (Phi) is 7.81. The number of nitrogens with one attached hydrogen (secondary N) is 2. The Morgan fingerprint density at radius 3 is 2.43 bits per heavy atom. The van der Waals surface area contributed by atoms with Crippen LogP contribution in [0.2, 0.25) is 0 Å². The summed E-state index contributed by atoms with van der Waals surface area (Å²) in [7, 11) is 0. The summed E-state index contributed by atoms with van der Waals surface area (Å²) in [6.07, 6.45) is 2.08. The molecule has 2 aromatic rings. The Balaban J connectivity index is 1.95. The molecule has 1 unspecified atom stereocenters. The molecule has 0 aliphatic rings. The molecule has 0 amide bonds. The molecular formula is C20H28N2O. The van der Waals surface area contributed by atoms with Crippen molar-refractivity contribution in [3.8, 4) is 0 Å². The molecule has 0 aliphatic heterocycles. The van der Waals surface area contributed by atoms with Gasteiger partial charge in [-0.15, -0.1) is 0 Å². The molecule has 3 nitrogen and oxygen atoms in total. The van der Waals surface area contributed by atoms with Crippen LogP contribution < -0.4 is 10.9 Å². The lowest BCUT2D eigenvalue weighted by atomic mass is 9.96. The predicted molar refractivity (Wildman–Crippen MR) is 96.3 cm³/mol. The van der Waals surface area contributed by atoms with E-state index in [9.17, 15) is 0 Å². The summed E-state index contributed by atoms with van der Waals surface area (Å²) >= 11 is 0.